The summed E-state index contributed by atoms with van der Waals surface area (Å²) in [5.41, 5.74) is 0. The fourth-order valence-electron chi connectivity index (χ4n) is 12.1. The quantitative estimate of drug-likeness (QED) is 0.0222. The normalized spacial score (nSPS) is 14.3. The summed E-state index contributed by atoms with van der Waals surface area (Å²) in [6, 6.07) is 0. The first kappa shape index (κ1) is 96.1. The van der Waals surface area contributed by atoms with Crippen molar-refractivity contribution >= 4 is 39.5 Å². The van der Waals surface area contributed by atoms with Crippen molar-refractivity contribution in [3.63, 3.8) is 0 Å². The maximum Gasteiger partial charge on any atom is 0.472 e. The van der Waals surface area contributed by atoms with Crippen molar-refractivity contribution < 1.29 is 80.2 Å². The summed E-state index contributed by atoms with van der Waals surface area (Å²) in [6.45, 7) is 11.9. The molecule has 17 nitrogen and oxygen atoms in total. The first-order valence-corrected chi connectivity index (χ1v) is 43.9. The number of aliphatic hydroxyl groups excluding tert-OH is 1. The molecule has 3 unspecified atom stereocenters. The van der Waals surface area contributed by atoms with Crippen molar-refractivity contribution in [1.29, 1.82) is 0 Å². The van der Waals surface area contributed by atoms with Crippen LogP contribution in [0, 0.1) is 17.8 Å². The first-order valence-electron chi connectivity index (χ1n) is 40.9. The van der Waals surface area contributed by atoms with Crippen LogP contribution in [0.15, 0.2) is 0 Å². The highest BCUT2D eigenvalue weighted by Gasteiger charge is 2.30. The molecule has 0 amide bonds. The van der Waals surface area contributed by atoms with E-state index in [1.165, 1.54) is 212 Å². The molecular formula is C79H154O17P2. The van der Waals surface area contributed by atoms with E-state index in [0.717, 1.165) is 114 Å². The summed E-state index contributed by atoms with van der Waals surface area (Å²) < 4.78 is 68.6. The van der Waals surface area contributed by atoms with Gasteiger partial charge in [-0.2, -0.15) is 0 Å². The smallest absolute Gasteiger partial charge is 0.462 e. The number of carbonyl (C=O) groups excluding carboxylic acids is 4. The van der Waals surface area contributed by atoms with E-state index in [-0.39, 0.29) is 25.7 Å². The Kier molecular flexibility index (Phi) is 68.1. The van der Waals surface area contributed by atoms with Gasteiger partial charge in [-0.3, -0.25) is 37.3 Å². The lowest BCUT2D eigenvalue weighted by Crippen LogP contribution is -2.30. The Hall–Kier alpha value is -1.94. The first-order chi connectivity index (χ1) is 47.3. The van der Waals surface area contributed by atoms with E-state index < -0.39 is 97.5 Å². The van der Waals surface area contributed by atoms with Crippen molar-refractivity contribution in [3.8, 4) is 0 Å². The van der Waals surface area contributed by atoms with Gasteiger partial charge >= 0.3 is 39.5 Å². The summed E-state index contributed by atoms with van der Waals surface area (Å²) in [5, 5.41) is 10.6. The molecule has 6 atom stereocenters. The van der Waals surface area contributed by atoms with E-state index in [0.29, 0.717) is 25.7 Å². The molecule has 0 rings (SSSR count). The van der Waals surface area contributed by atoms with Gasteiger partial charge < -0.3 is 33.8 Å². The van der Waals surface area contributed by atoms with Gasteiger partial charge in [0.1, 0.15) is 19.3 Å². The third-order valence-electron chi connectivity index (χ3n) is 18.7. The van der Waals surface area contributed by atoms with Gasteiger partial charge in [-0.05, 0) is 43.4 Å². The van der Waals surface area contributed by atoms with Gasteiger partial charge in [0.15, 0.2) is 12.2 Å². The number of rotatable bonds is 77. The Labute approximate surface area is 600 Å². The molecule has 0 fully saturated rings. The van der Waals surface area contributed by atoms with E-state index in [1.807, 2.05) is 0 Å². The summed E-state index contributed by atoms with van der Waals surface area (Å²) in [4.78, 5) is 72.9. The van der Waals surface area contributed by atoms with Gasteiger partial charge in [0.25, 0.3) is 0 Å². The molecule has 0 saturated heterocycles. The minimum absolute atomic E-state index is 0.105. The fraction of sp³-hybridized carbons (Fsp3) is 0.949. The molecule has 98 heavy (non-hydrogen) atoms. The molecule has 0 saturated carbocycles. The van der Waals surface area contributed by atoms with Crippen LogP contribution >= 0.6 is 15.6 Å². The molecule has 0 bridgehead atoms. The van der Waals surface area contributed by atoms with Crippen molar-refractivity contribution in [2.45, 2.75) is 426 Å². The van der Waals surface area contributed by atoms with Crippen LogP contribution in [0.5, 0.6) is 0 Å². The Morgan fingerprint density at radius 3 is 0.776 bits per heavy atom. The van der Waals surface area contributed by atoms with Gasteiger partial charge in [-0.1, -0.05) is 357 Å². The molecule has 0 aliphatic carbocycles. The molecule has 0 heterocycles. The molecule has 0 aromatic rings. The van der Waals surface area contributed by atoms with Crippen molar-refractivity contribution in [2.75, 3.05) is 39.6 Å². The highest BCUT2D eigenvalue weighted by molar-refractivity contribution is 7.47. The minimum Gasteiger partial charge on any atom is -0.462 e. The zero-order valence-corrected chi connectivity index (χ0v) is 66.0. The largest absolute Gasteiger partial charge is 0.472 e. The van der Waals surface area contributed by atoms with E-state index in [1.54, 1.807) is 0 Å². The Morgan fingerprint density at radius 1 is 0.296 bits per heavy atom. The number of unbranched alkanes of at least 4 members (excludes halogenated alkanes) is 44. The third-order valence-corrected chi connectivity index (χ3v) is 20.6. The molecule has 19 heteroatoms. The average molecular weight is 1440 g/mol. The Morgan fingerprint density at radius 2 is 0.520 bits per heavy atom. The van der Waals surface area contributed by atoms with Crippen molar-refractivity contribution in [1.82, 2.24) is 0 Å². The molecule has 3 N–H and O–H groups in total. The molecule has 0 aromatic carbocycles. The van der Waals surface area contributed by atoms with Gasteiger partial charge in [0.05, 0.1) is 26.4 Å². The lowest BCUT2D eigenvalue weighted by Gasteiger charge is -2.21. The standard InChI is InChI=1S/C79H154O17P2/c1-8-10-11-12-13-14-15-16-24-27-33-38-46-53-60-76(81)89-66-74(95-78(83)62-55-48-39-34-28-25-22-20-18-17-19-21-23-26-31-36-43-50-57-70(3)4)68-93-97(85,86)91-64-73(80)65-92-98(87,88)94-69-75(67-90-77(82)61-54-47-42-41-45-52-59-72(7)9-2)96-79(84)63-56-49-40-35-30-29-32-37-44-51-58-71(5)6/h70-75,80H,8-69H2,1-7H3,(H,85,86)(H,87,88)/t72?,73-,74-,75-/m1/s1. The number of ether oxygens (including phenoxy) is 4. The van der Waals surface area contributed by atoms with Crippen LogP contribution in [-0.2, 0) is 65.4 Å². The van der Waals surface area contributed by atoms with Gasteiger partial charge in [-0.15, -0.1) is 0 Å². The minimum atomic E-state index is -4.96. The monoisotopic (exact) mass is 1440 g/mol. The molecule has 0 aromatic heterocycles. The molecule has 0 aliphatic heterocycles. The number of hydrogen-bond acceptors (Lipinski definition) is 15. The number of hydrogen-bond donors (Lipinski definition) is 3. The Bertz CT molecular complexity index is 1910. The maximum absolute atomic E-state index is 13.1. The van der Waals surface area contributed by atoms with Gasteiger partial charge in [0.2, 0.25) is 0 Å². The predicted molar refractivity (Wildman–Crippen MR) is 400 cm³/mol. The SMILES string of the molecule is CCCCCCCCCCCCCCCCC(=O)OC[C@H](COP(=O)(O)OC[C@@H](O)COP(=O)(O)OC[C@@H](COC(=O)CCCCCCCCC(C)CC)OC(=O)CCCCCCCCCCCCC(C)C)OC(=O)CCCCCCCCCCCCCCCCCCCCC(C)C. The Balaban J connectivity index is 5.22. The molecule has 582 valence electrons. The number of phosphoric acid groups is 2. The fourth-order valence-corrected chi connectivity index (χ4v) is 13.7. The van der Waals surface area contributed by atoms with Crippen LogP contribution in [-0.4, -0.2) is 96.7 Å². The third kappa shape index (κ3) is 71.1. The number of phosphoric ester groups is 2. The number of aliphatic hydroxyl groups is 1. The summed E-state index contributed by atoms with van der Waals surface area (Å²) in [6.07, 6.45) is 56.9. The van der Waals surface area contributed by atoms with E-state index in [4.69, 9.17) is 37.0 Å². The molecule has 0 spiro atoms. The lowest BCUT2D eigenvalue weighted by atomic mass is 10.00. The zero-order valence-electron chi connectivity index (χ0n) is 64.3. The lowest BCUT2D eigenvalue weighted by molar-refractivity contribution is -0.161. The summed E-state index contributed by atoms with van der Waals surface area (Å²) in [5.74, 6) is 0.188. The molecular weight excluding hydrogens is 1280 g/mol. The van der Waals surface area contributed by atoms with Crippen LogP contribution in [0.25, 0.3) is 0 Å². The second-order valence-electron chi connectivity index (χ2n) is 29.6. The van der Waals surface area contributed by atoms with Crippen LogP contribution in [0.3, 0.4) is 0 Å². The van der Waals surface area contributed by atoms with Crippen molar-refractivity contribution in [2.24, 2.45) is 17.8 Å². The zero-order chi connectivity index (χ0) is 72.3. The summed E-state index contributed by atoms with van der Waals surface area (Å²) >= 11 is 0. The highest BCUT2D eigenvalue weighted by atomic mass is 31.2. The number of esters is 4. The van der Waals surface area contributed by atoms with Crippen LogP contribution in [0.2, 0.25) is 0 Å². The topological polar surface area (TPSA) is 237 Å². The average Bonchev–Trinajstić information content (AvgIpc) is 1.24. The van der Waals surface area contributed by atoms with Gasteiger partial charge in [-0.25, -0.2) is 9.13 Å². The van der Waals surface area contributed by atoms with Crippen LogP contribution < -0.4 is 0 Å². The summed E-state index contributed by atoms with van der Waals surface area (Å²) in [7, 11) is -9.92. The molecule has 0 aliphatic rings. The van der Waals surface area contributed by atoms with Crippen LogP contribution in [0.1, 0.15) is 408 Å². The van der Waals surface area contributed by atoms with Gasteiger partial charge in [0, 0.05) is 25.7 Å². The van der Waals surface area contributed by atoms with Crippen molar-refractivity contribution in [3.05, 3.63) is 0 Å². The van der Waals surface area contributed by atoms with E-state index >= 15 is 0 Å². The number of carbonyl (C=O) groups is 4. The van der Waals surface area contributed by atoms with E-state index in [9.17, 15) is 43.2 Å². The highest BCUT2D eigenvalue weighted by Crippen LogP contribution is 2.45. The maximum atomic E-state index is 13.1. The second-order valence-corrected chi connectivity index (χ2v) is 32.6. The second kappa shape index (κ2) is 69.4. The predicted octanol–water partition coefficient (Wildman–Crippen LogP) is 23.4. The van der Waals surface area contributed by atoms with Crippen LogP contribution in [0.4, 0.5) is 0 Å². The molecule has 0 radical (unpaired) electrons. The van der Waals surface area contributed by atoms with E-state index in [2.05, 4.69) is 48.5 Å².